The Morgan fingerprint density at radius 1 is 0.143 bits per heavy atom. The third-order valence-electron chi connectivity index (χ3n) is 27.8. The summed E-state index contributed by atoms with van der Waals surface area (Å²) in [6.07, 6.45) is 0. The zero-order valence-electron chi connectivity index (χ0n) is 84.0. The number of benzene rings is 19. The Labute approximate surface area is 833 Å². The molecule has 2 aliphatic rings. The van der Waals surface area contributed by atoms with E-state index in [9.17, 15) is 0 Å². The first kappa shape index (κ1) is 94.7. The SMILES string of the molecule is CC(C)(C)c1ccc(N(c2ccc(-c3ccccc3)cc2)c2ccc(-c3ccccc3)cc2)cc1.CC(C)(C)c1ccc(N(c2ccc(-c3ccccc3)cc2)c2ccc3c(c2)C(C)(C)c2ccccc2-3)cc1.CC(C)(C)c1ccc(N(c2ccc(-c3ccccc3)cc2)c2ccccc2-c2ccccc2)cc1.CC(C)(C)c1ccc(N(c2ccccc2)c2ccc3c(c2)C(C)(C)c2ccccc2-3)cc1. The van der Waals surface area contributed by atoms with Crippen molar-refractivity contribution in [1.82, 2.24) is 0 Å². The predicted octanol–water partition coefficient (Wildman–Crippen LogP) is 38.8. The number of fused-ring (bicyclic) bond motifs is 6. The summed E-state index contributed by atoms with van der Waals surface area (Å²) in [7, 11) is 0. The van der Waals surface area contributed by atoms with Gasteiger partial charge < -0.3 is 19.6 Å². The topological polar surface area (TPSA) is 13.0 Å². The standard InChI is InChI=1S/C37H35N.2C34H31N.C31H31N/c1-36(2,3)28-17-21-30(22-18-28)38(29-19-15-27(16-20-29)26-11-7-6-8-12-26)31-23-24-33-32-13-9-10-14-34(32)37(4,5)35(33)25-31;1-34(2,3)29-20-24-31(25-21-29)35(30-22-18-27(19-23-30)26-12-6-4-7-13-26)33-17-11-10-16-32(33)28-14-8-5-9-15-28;1-34(2,3)30-18-24-33(25-19-30)35(31-20-14-28(15-21-31)26-10-6-4-7-11-26)32-22-16-29(17-23-32)27-12-8-5-9-13-27;1-30(2,3)22-15-17-24(18-16-22)32(23-11-7-6-8-12-23)25-19-20-27-26-13-9-10-14-28(26)31(4,5)29(27)21-25/h6-25H,1-5H3;2*4-25H,1-3H3;6-21H,1-5H3. The number of anilines is 12. The molecule has 21 rings (SSSR count). The van der Waals surface area contributed by atoms with E-state index in [4.69, 9.17) is 0 Å². The van der Waals surface area contributed by atoms with Crippen LogP contribution in [0.2, 0.25) is 0 Å². The fourth-order valence-electron chi connectivity index (χ4n) is 19.7. The van der Waals surface area contributed by atoms with E-state index in [0.29, 0.717) is 0 Å². The monoisotopic (exact) mass is 1820 g/mol. The maximum atomic E-state index is 2.40. The summed E-state index contributed by atoms with van der Waals surface area (Å²) < 4.78 is 0. The maximum absolute atomic E-state index is 2.40. The van der Waals surface area contributed by atoms with Crippen molar-refractivity contribution >= 4 is 68.2 Å². The van der Waals surface area contributed by atoms with Gasteiger partial charge in [0.25, 0.3) is 0 Å². The van der Waals surface area contributed by atoms with E-state index in [0.717, 1.165) is 39.8 Å². The highest BCUT2D eigenvalue weighted by molar-refractivity contribution is 5.92. The molecule has 19 aromatic carbocycles. The molecule has 0 spiro atoms. The third-order valence-corrected chi connectivity index (χ3v) is 27.8. The first-order valence-electron chi connectivity index (χ1n) is 49.4. The molecule has 4 nitrogen and oxygen atoms in total. The Kier molecular flexibility index (Phi) is 27.2. The molecule has 0 aromatic heterocycles. The lowest BCUT2D eigenvalue weighted by Crippen LogP contribution is -2.17. The second-order valence-electron chi connectivity index (χ2n) is 42.2. The summed E-state index contributed by atoms with van der Waals surface area (Å²) in [5.41, 5.74) is 42.9. The van der Waals surface area contributed by atoms with E-state index in [1.165, 1.54) is 151 Å². The summed E-state index contributed by atoms with van der Waals surface area (Å²) in [5, 5.41) is 0. The van der Waals surface area contributed by atoms with E-state index < -0.39 is 0 Å². The van der Waals surface area contributed by atoms with Gasteiger partial charge in [-0.05, 0) is 278 Å². The van der Waals surface area contributed by atoms with Crippen LogP contribution in [-0.2, 0) is 32.5 Å². The number of para-hydroxylation sites is 2. The number of rotatable bonds is 17. The van der Waals surface area contributed by atoms with Crippen molar-refractivity contribution in [3.8, 4) is 77.9 Å². The normalized spacial score (nSPS) is 12.5. The Morgan fingerprint density at radius 3 is 0.600 bits per heavy atom. The molecule has 19 aromatic rings. The van der Waals surface area contributed by atoms with Crippen molar-refractivity contribution in [1.29, 1.82) is 0 Å². The van der Waals surface area contributed by atoms with Gasteiger partial charge in [-0.25, -0.2) is 0 Å². The summed E-state index contributed by atoms with van der Waals surface area (Å²) in [6, 6.07) is 175. The van der Waals surface area contributed by atoms with Gasteiger partial charge >= 0.3 is 0 Å². The molecular weight excluding hydrogens is 1690 g/mol. The molecule has 0 radical (unpaired) electrons. The minimum atomic E-state index is -0.0408. The number of hydrogen-bond acceptors (Lipinski definition) is 4. The lowest BCUT2D eigenvalue weighted by atomic mass is 9.82. The van der Waals surface area contributed by atoms with Gasteiger partial charge in [-0.1, -0.05) is 457 Å². The van der Waals surface area contributed by atoms with Crippen LogP contribution in [0.25, 0.3) is 77.9 Å². The van der Waals surface area contributed by atoms with Crippen LogP contribution in [0.3, 0.4) is 0 Å². The quantitative estimate of drug-likeness (QED) is 0.0901. The highest BCUT2D eigenvalue weighted by Gasteiger charge is 2.38. The van der Waals surface area contributed by atoms with Crippen molar-refractivity contribution in [2.75, 3.05) is 19.6 Å². The molecule has 0 saturated carbocycles. The van der Waals surface area contributed by atoms with Crippen LogP contribution in [-0.4, -0.2) is 0 Å². The highest BCUT2D eigenvalue weighted by Crippen LogP contribution is 2.54. The average Bonchev–Trinajstić information content (AvgIpc) is 1.58. The van der Waals surface area contributed by atoms with Crippen LogP contribution in [0, 0.1) is 0 Å². The molecule has 140 heavy (non-hydrogen) atoms. The van der Waals surface area contributed by atoms with Crippen LogP contribution >= 0.6 is 0 Å². The summed E-state index contributed by atoms with van der Waals surface area (Å²) >= 11 is 0. The van der Waals surface area contributed by atoms with Gasteiger partial charge in [0.15, 0.2) is 0 Å². The molecule has 0 saturated heterocycles. The van der Waals surface area contributed by atoms with Crippen molar-refractivity contribution in [2.45, 2.75) is 143 Å². The lowest BCUT2D eigenvalue weighted by Gasteiger charge is -2.29. The van der Waals surface area contributed by atoms with Gasteiger partial charge in [-0.3, -0.25) is 0 Å². The van der Waals surface area contributed by atoms with Crippen LogP contribution < -0.4 is 19.6 Å². The lowest BCUT2D eigenvalue weighted by molar-refractivity contribution is 0.590. The largest absolute Gasteiger partial charge is 0.311 e. The van der Waals surface area contributed by atoms with Gasteiger partial charge in [0.05, 0.1) is 5.69 Å². The Balaban J connectivity index is 0.000000124. The Morgan fingerprint density at radius 2 is 0.329 bits per heavy atom. The van der Waals surface area contributed by atoms with Gasteiger partial charge in [0, 0.05) is 79.0 Å². The molecular formula is C136H128N4. The number of nitrogens with zero attached hydrogens (tertiary/aromatic N) is 4. The molecule has 0 atom stereocenters. The van der Waals surface area contributed by atoms with Gasteiger partial charge in [0.2, 0.25) is 0 Å². The molecule has 2 aliphatic carbocycles. The van der Waals surface area contributed by atoms with Crippen molar-refractivity contribution in [3.05, 3.63) is 530 Å². The van der Waals surface area contributed by atoms with Crippen LogP contribution in [0.15, 0.2) is 485 Å². The first-order chi connectivity index (χ1) is 67.5. The average molecular weight is 1820 g/mol. The summed E-state index contributed by atoms with van der Waals surface area (Å²) in [5.74, 6) is 0. The van der Waals surface area contributed by atoms with Crippen molar-refractivity contribution in [2.24, 2.45) is 0 Å². The zero-order chi connectivity index (χ0) is 97.5. The molecule has 0 heterocycles. The smallest absolute Gasteiger partial charge is 0.0540 e. The van der Waals surface area contributed by atoms with E-state index >= 15 is 0 Å². The molecule has 4 heteroatoms. The maximum Gasteiger partial charge on any atom is 0.0540 e. The molecule has 692 valence electrons. The van der Waals surface area contributed by atoms with Gasteiger partial charge in [-0.15, -0.1) is 0 Å². The molecule has 0 fully saturated rings. The summed E-state index contributed by atoms with van der Waals surface area (Å²) in [4.78, 5) is 9.45. The fourth-order valence-corrected chi connectivity index (χ4v) is 19.7. The Hall–Kier alpha value is -15.6. The minimum Gasteiger partial charge on any atom is -0.311 e. The summed E-state index contributed by atoms with van der Waals surface area (Å²) in [6.45, 7) is 36.5. The van der Waals surface area contributed by atoms with Crippen molar-refractivity contribution < 1.29 is 0 Å². The zero-order valence-corrected chi connectivity index (χ0v) is 84.0. The molecule has 0 N–H and O–H groups in total. The van der Waals surface area contributed by atoms with E-state index in [1.807, 2.05) is 0 Å². The molecule has 0 aliphatic heterocycles. The fraction of sp³-hybridized carbons (Fsp3) is 0.162. The molecule has 0 unspecified atom stereocenters. The van der Waals surface area contributed by atoms with Crippen molar-refractivity contribution in [3.63, 3.8) is 0 Å². The predicted molar refractivity (Wildman–Crippen MR) is 602 cm³/mol. The van der Waals surface area contributed by atoms with Gasteiger partial charge in [-0.2, -0.15) is 0 Å². The molecule has 0 bridgehead atoms. The number of hydrogen-bond donors (Lipinski definition) is 0. The molecule has 0 amide bonds. The van der Waals surface area contributed by atoms with E-state index in [2.05, 4.69) is 616 Å². The van der Waals surface area contributed by atoms with E-state index in [-0.39, 0.29) is 32.5 Å². The highest BCUT2D eigenvalue weighted by atomic mass is 15.2. The minimum absolute atomic E-state index is 0.0135. The van der Waals surface area contributed by atoms with Crippen LogP contribution in [0.5, 0.6) is 0 Å². The van der Waals surface area contributed by atoms with Crippen LogP contribution in [0.1, 0.15) is 155 Å². The second-order valence-corrected chi connectivity index (χ2v) is 42.2. The second kappa shape index (κ2) is 40.2. The van der Waals surface area contributed by atoms with Gasteiger partial charge in [0.1, 0.15) is 0 Å². The first-order valence-corrected chi connectivity index (χ1v) is 49.4. The third kappa shape index (κ3) is 20.7. The van der Waals surface area contributed by atoms with E-state index in [1.54, 1.807) is 0 Å². The van der Waals surface area contributed by atoms with Crippen LogP contribution in [0.4, 0.5) is 68.2 Å². The Bertz CT molecular complexity index is 7290.